The van der Waals surface area contributed by atoms with E-state index in [2.05, 4.69) is 42.5 Å². The quantitative estimate of drug-likeness (QED) is 0.539. The average Bonchev–Trinajstić information content (AvgIpc) is 3.60. The van der Waals surface area contributed by atoms with Crippen LogP contribution in [0, 0.1) is 5.92 Å². The summed E-state index contributed by atoms with van der Waals surface area (Å²) in [7, 11) is 0. The van der Waals surface area contributed by atoms with E-state index in [1.165, 1.54) is 12.8 Å². The van der Waals surface area contributed by atoms with Crippen LogP contribution in [-0.4, -0.2) is 56.8 Å². The van der Waals surface area contributed by atoms with Crippen molar-refractivity contribution in [3.63, 3.8) is 0 Å². The Morgan fingerprint density at radius 2 is 2.17 bits per heavy atom. The summed E-state index contributed by atoms with van der Waals surface area (Å²) < 4.78 is 7.82. The highest BCUT2D eigenvalue weighted by Gasteiger charge is 2.47. The number of hydrogen-bond donors (Lipinski definition) is 1. The summed E-state index contributed by atoms with van der Waals surface area (Å²) in [6.45, 7) is 15.4. The Bertz CT molecular complexity index is 1210. The number of aromatic nitrogens is 2. The normalized spacial score (nSPS) is 28.4. The summed E-state index contributed by atoms with van der Waals surface area (Å²) in [6, 6.07) is 0.0265. The van der Waals surface area contributed by atoms with Crippen molar-refractivity contribution in [2.45, 2.75) is 84.3 Å². The van der Waals surface area contributed by atoms with Crippen LogP contribution in [0.4, 0.5) is 10.6 Å². The van der Waals surface area contributed by atoms with Crippen LogP contribution in [0.25, 0.3) is 5.57 Å². The molecule has 1 saturated heterocycles. The first-order valence-electron chi connectivity index (χ1n) is 13.0. The van der Waals surface area contributed by atoms with E-state index in [4.69, 9.17) is 19.7 Å². The lowest BCUT2D eigenvalue weighted by molar-refractivity contribution is 0.137. The minimum absolute atomic E-state index is 0.0154. The van der Waals surface area contributed by atoms with E-state index in [0.29, 0.717) is 5.92 Å². The summed E-state index contributed by atoms with van der Waals surface area (Å²) in [5.74, 6) is 2.17. The SMILES string of the molecule is C=C(C1=CC2C(C=C1)OC(=O)N2C(C)C1CC1)c1nc(C2C=CNC(C)N=C2C)n(CC)c1N=CC. The van der Waals surface area contributed by atoms with E-state index < -0.39 is 0 Å². The summed E-state index contributed by atoms with van der Waals surface area (Å²) in [5, 5.41) is 3.27. The molecule has 2 fully saturated rings. The second-order valence-electron chi connectivity index (χ2n) is 10.0. The van der Waals surface area contributed by atoms with E-state index in [0.717, 1.165) is 40.7 Å². The van der Waals surface area contributed by atoms with Crippen LogP contribution < -0.4 is 5.32 Å². The first kappa shape index (κ1) is 24.3. The van der Waals surface area contributed by atoms with E-state index >= 15 is 0 Å². The van der Waals surface area contributed by atoms with Crippen LogP contribution in [0.15, 0.2) is 52.6 Å². The lowest BCUT2D eigenvalue weighted by atomic mass is 9.93. The fourth-order valence-electron chi connectivity index (χ4n) is 5.47. The molecule has 5 unspecified atom stereocenters. The molecular formula is C28H36N6O2. The standard InChI is InChI=1S/C28H36N6O2/c1-7-29-27-25(32-26(33(27)8-2)22-13-14-30-19(6)31-17(22)4)16(3)21-11-12-24-23(15-21)34(28(35)36-24)18(5)20-9-10-20/h7,11-15,18-20,22-24,30H,3,8-10H2,1-2,4-6H3. The predicted octanol–water partition coefficient (Wildman–Crippen LogP) is 5.13. The maximum absolute atomic E-state index is 12.7. The molecule has 36 heavy (non-hydrogen) atoms. The molecule has 2 aliphatic carbocycles. The Kier molecular flexibility index (Phi) is 6.45. The van der Waals surface area contributed by atoms with Crippen LogP contribution in [0.5, 0.6) is 0 Å². The third kappa shape index (κ3) is 4.22. The molecule has 0 bridgehead atoms. The lowest BCUT2D eigenvalue weighted by Gasteiger charge is -2.29. The molecule has 0 aromatic carbocycles. The first-order valence-corrected chi connectivity index (χ1v) is 13.0. The highest BCUT2D eigenvalue weighted by molar-refractivity contribution is 5.91. The van der Waals surface area contributed by atoms with Crippen molar-refractivity contribution in [3.05, 3.63) is 54.2 Å². The third-order valence-electron chi connectivity index (χ3n) is 7.59. The Labute approximate surface area is 213 Å². The molecule has 1 saturated carbocycles. The molecule has 190 valence electrons. The number of ether oxygens (including phenoxy) is 1. The second-order valence-corrected chi connectivity index (χ2v) is 10.0. The summed E-state index contributed by atoms with van der Waals surface area (Å²) >= 11 is 0. The van der Waals surface area contributed by atoms with Gasteiger partial charge in [0.25, 0.3) is 0 Å². The molecule has 3 heterocycles. The van der Waals surface area contributed by atoms with Gasteiger partial charge in [-0.15, -0.1) is 0 Å². The molecule has 8 heteroatoms. The monoisotopic (exact) mass is 488 g/mol. The molecule has 5 rings (SSSR count). The zero-order valence-corrected chi connectivity index (χ0v) is 21.8. The van der Waals surface area contributed by atoms with Gasteiger partial charge in [0.2, 0.25) is 0 Å². The van der Waals surface area contributed by atoms with Gasteiger partial charge in [-0.1, -0.05) is 18.7 Å². The zero-order valence-electron chi connectivity index (χ0n) is 21.8. The van der Waals surface area contributed by atoms with Crippen LogP contribution in [0.1, 0.15) is 64.9 Å². The minimum atomic E-state index is -0.267. The lowest BCUT2D eigenvalue weighted by Crippen LogP contribution is -2.43. The van der Waals surface area contributed by atoms with Gasteiger partial charge in [0.1, 0.15) is 23.8 Å². The number of rotatable bonds is 7. The third-order valence-corrected chi connectivity index (χ3v) is 7.59. The van der Waals surface area contributed by atoms with Gasteiger partial charge in [-0.25, -0.2) is 14.8 Å². The number of carbonyl (C=O) groups excluding carboxylic acids is 1. The summed E-state index contributed by atoms with van der Waals surface area (Å²) in [5.41, 5.74) is 3.48. The van der Waals surface area contributed by atoms with Crippen LogP contribution in [0.2, 0.25) is 0 Å². The Morgan fingerprint density at radius 1 is 1.39 bits per heavy atom. The summed E-state index contributed by atoms with van der Waals surface area (Å²) in [6.07, 6.45) is 13.8. The van der Waals surface area contributed by atoms with Crippen molar-refractivity contribution in [2.75, 3.05) is 0 Å². The average molecular weight is 489 g/mol. The Hall–Kier alpha value is -3.42. The second kappa shape index (κ2) is 9.56. The molecular weight excluding hydrogens is 452 g/mol. The van der Waals surface area contributed by atoms with E-state index in [1.54, 1.807) is 6.21 Å². The highest BCUT2D eigenvalue weighted by atomic mass is 16.6. The van der Waals surface area contributed by atoms with Gasteiger partial charge in [0, 0.05) is 30.1 Å². The molecule has 1 aromatic heterocycles. The van der Waals surface area contributed by atoms with Crippen molar-refractivity contribution in [3.8, 4) is 0 Å². The largest absolute Gasteiger partial charge is 0.439 e. The molecule has 1 amide bonds. The molecule has 5 atom stereocenters. The summed E-state index contributed by atoms with van der Waals surface area (Å²) in [4.78, 5) is 29.2. The van der Waals surface area contributed by atoms with Crippen molar-refractivity contribution < 1.29 is 9.53 Å². The fourth-order valence-corrected chi connectivity index (χ4v) is 5.47. The number of nitrogens with one attached hydrogen (secondary N) is 1. The van der Waals surface area contributed by atoms with Crippen molar-refractivity contribution in [2.24, 2.45) is 15.9 Å². The maximum Gasteiger partial charge on any atom is 0.411 e. The number of fused-ring (bicyclic) bond motifs is 1. The number of amides is 1. The van der Waals surface area contributed by atoms with Crippen molar-refractivity contribution >= 4 is 29.4 Å². The van der Waals surface area contributed by atoms with Gasteiger partial charge < -0.3 is 14.6 Å². The zero-order chi connectivity index (χ0) is 25.6. The molecule has 1 aromatic rings. The van der Waals surface area contributed by atoms with E-state index in [1.807, 2.05) is 44.0 Å². The van der Waals surface area contributed by atoms with Gasteiger partial charge >= 0.3 is 6.09 Å². The predicted molar refractivity (Wildman–Crippen MR) is 144 cm³/mol. The Balaban J connectivity index is 1.53. The number of hydrogen-bond acceptors (Lipinski definition) is 6. The van der Waals surface area contributed by atoms with Crippen LogP contribution in [-0.2, 0) is 11.3 Å². The van der Waals surface area contributed by atoms with Gasteiger partial charge in [-0.2, -0.15) is 0 Å². The smallest absolute Gasteiger partial charge is 0.411 e. The molecule has 2 aliphatic heterocycles. The van der Waals surface area contributed by atoms with Crippen LogP contribution >= 0.6 is 0 Å². The molecule has 0 radical (unpaired) electrons. The fraction of sp³-hybridized carbons (Fsp3) is 0.500. The number of allylic oxidation sites excluding steroid dienone is 4. The number of aliphatic imine (C=N–C) groups is 2. The van der Waals surface area contributed by atoms with Gasteiger partial charge in [0.05, 0.1) is 12.0 Å². The first-order chi connectivity index (χ1) is 17.3. The highest BCUT2D eigenvalue weighted by Crippen LogP contribution is 2.41. The minimum Gasteiger partial charge on any atom is -0.439 e. The van der Waals surface area contributed by atoms with Crippen LogP contribution in [0.3, 0.4) is 0 Å². The van der Waals surface area contributed by atoms with Gasteiger partial charge in [-0.3, -0.25) is 9.89 Å². The Morgan fingerprint density at radius 3 is 2.86 bits per heavy atom. The number of imidazole rings is 1. The van der Waals surface area contributed by atoms with Gasteiger partial charge in [0.15, 0.2) is 5.82 Å². The number of nitrogens with zero attached hydrogens (tertiary/aromatic N) is 5. The number of carbonyl (C=O) groups is 1. The topological polar surface area (TPSA) is 84.1 Å². The van der Waals surface area contributed by atoms with Crippen molar-refractivity contribution in [1.82, 2.24) is 19.8 Å². The van der Waals surface area contributed by atoms with Crippen molar-refractivity contribution in [1.29, 1.82) is 0 Å². The molecule has 1 N–H and O–H groups in total. The van der Waals surface area contributed by atoms with E-state index in [9.17, 15) is 4.79 Å². The molecule has 8 nitrogen and oxygen atoms in total. The molecule has 0 spiro atoms. The molecule has 4 aliphatic rings. The van der Waals surface area contributed by atoms with E-state index in [-0.39, 0.29) is 36.4 Å². The van der Waals surface area contributed by atoms with Gasteiger partial charge in [-0.05, 0) is 77.3 Å². The maximum atomic E-state index is 12.7.